The van der Waals surface area contributed by atoms with E-state index in [9.17, 15) is 5.26 Å². The Hall–Kier alpha value is -4.98. The van der Waals surface area contributed by atoms with E-state index < -0.39 is 0 Å². The van der Waals surface area contributed by atoms with Gasteiger partial charge in [-0.05, 0) is 60.2 Å². The Morgan fingerprint density at radius 1 is 0.659 bits per heavy atom. The maximum Gasteiger partial charge on any atom is 0.0991 e. The molecule has 0 fully saturated rings. The molecule has 2 aromatic heterocycles. The minimum Gasteiger partial charge on any atom is -0.312 e. The predicted molar refractivity (Wildman–Crippen MR) is 171 cm³/mol. The summed E-state index contributed by atoms with van der Waals surface area (Å²) < 4.78 is 4.92. The van der Waals surface area contributed by atoms with Gasteiger partial charge in [-0.2, -0.15) is 5.26 Å². The molecular weight excluding hydrogens is 518 g/mol. The van der Waals surface area contributed by atoms with Crippen LogP contribution in [0, 0.1) is 11.3 Å². The molecule has 0 radical (unpaired) electrons. The highest BCUT2D eigenvalue weighted by atomic mass is 32.2. The molecule has 41 heavy (non-hydrogen) atoms. The molecule has 4 heteroatoms. The van der Waals surface area contributed by atoms with Crippen molar-refractivity contribution < 1.29 is 0 Å². The van der Waals surface area contributed by atoms with Crippen LogP contribution in [0.4, 0.5) is 0 Å². The van der Waals surface area contributed by atoms with E-state index in [1.165, 1.54) is 65.5 Å². The summed E-state index contributed by atoms with van der Waals surface area (Å²) >= 11 is 1.91. The van der Waals surface area contributed by atoms with Gasteiger partial charge in [0.05, 0.1) is 44.6 Å². The molecule has 7 aromatic rings. The summed E-state index contributed by atoms with van der Waals surface area (Å²) in [5.41, 5.74) is 9.31. The lowest BCUT2D eigenvalue weighted by molar-refractivity contribution is 0.862. The van der Waals surface area contributed by atoms with E-state index in [1.54, 1.807) is 0 Å². The van der Waals surface area contributed by atoms with Crippen molar-refractivity contribution >= 4 is 61.1 Å². The molecule has 0 spiro atoms. The van der Waals surface area contributed by atoms with E-state index in [0.717, 1.165) is 5.56 Å². The fourth-order valence-electron chi connectivity index (χ4n) is 7.03. The second-order valence-corrected chi connectivity index (χ2v) is 12.0. The molecule has 192 valence electrons. The lowest BCUT2D eigenvalue weighted by atomic mass is 9.89. The molecule has 1 aliphatic heterocycles. The van der Waals surface area contributed by atoms with Crippen LogP contribution < -0.4 is 0 Å². The van der Waals surface area contributed by atoms with Crippen molar-refractivity contribution in [1.29, 1.82) is 5.26 Å². The van der Waals surface area contributed by atoms with Crippen LogP contribution in [0.3, 0.4) is 0 Å². The van der Waals surface area contributed by atoms with Crippen LogP contribution in [0.1, 0.15) is 17.0 Å². The molecular formula is C37H23N3S. The molecule has 5 aromatic carbocycles. The van der Waals surface area contributed by atoms with Gasteiger partial charge in [0.15, 0.2) is 0 Å². The minimum absolute atomic E-state index is 0.236. The molecule has 2 atom stereocenters. The number of thioether (sulfide) groups is 1. The third kappa shape index (κ3) is 3.10. The number of rotatable bonds is 2. The molecule has 9 rings (SSSR count). The zero-order valence-corrected chi connectivity index (χ0v) is 22.8. The summed E-state index contributed by atoms with van der Waals surface area (Å²) in [5.74, 6) is 0.236. The number of benzene rings is 5. The highest BCUT2D eigenvalue weighted by Gasteiger charge is 2.37. The monoisotopic (exact) mass is 541 g/mol. The quantitative estimate of drug-likeness (QED) is 0.218. The number of hydrogen-bond donors (Lipinski definition) is 0. The Labute approximate surface area is 241 Å². The van der Waals surface area contributed by atoms with E-state index >= 15 is 0 Å². The molecule has 0 amide bonds. The van der Waals surface area contributed by atoms with Crippen LogP contribution in [-0.4, -0.2) is 14.4 Å². The third-order valence-electron chi connectivity index (χ3n) is 8.71. The van der Waals surface area contributed by atoms with Crippen molar-refractivity contribution in [3.8, 4) is 11.8 Å². The van der Waals surface area contributed by atoms with Crippen molar-refractivity contribution in [2.75, 3.05) is 0 Å². The first-order chi connectivity index (χ1) is 20.3. The first-order valence-corrected chi connectivity index (χ1v) is 14.8. The fraction of sp³-hybridized carbons (Fsp3) is 0.0541. The largest absolute Gasteiger partial charge is 0.312 e. The maximum atomic E-state index is 9.55. The Balaban J connectivity index is 1.33. The van der Waals surface area contributed by atoms with Gasteiger partial charge in [0, 0.05) is 38.1 Å². The number of fused-ring (bicyclic) bond motifs is 9. The zero-order valence-electron chi connectivity index (χ0n) is 22.0. The van der Waals surface area contributed by atoms with Gasteiger partial charge >= 0.3 is 0 Å². The number of para-hydroxylation sites is 3. The van der Waals surface area contributed by atoms with Crippen LogP contribution in [0.2, 0.25) is 0 Å². The van der Waals surface area contributed by atoms with Crippen molar-refractivity contribution in [3.05, 3.63) is 139 Å². The topological polar surface area (TPSA) is 33.6 Å². The van der Waals surface area contributed by atoms with Crippen molar-refractivity contribution in [2.45, 2.75) is 16.1 Å². The average Bonchev–Trinajstić information content (AvgIpc) is 3.68. The number of aromatic nitrogens is 2. The SMILES string of the molecule is N#Cc1ccc2c(c1)C1C=CC=C(n3c4ccccc4c4c(-n5c6ccccc6c6ccccc65)cccc43)C1S2. The summed E-state index contributed by atoms with van der Waals surface area (Å²) in [6.07, 6.45) is 6.78. The summed E-state index contributed by atoms with van der Waals surface area (Å²) in [4.78, 5) is 1.27. The smallest absolute Gasteiger partial charge is 0.0991 e. The molecule has 3 nitrogen and oxygen atoms in total. The average molecular weight is 542 g/mol. The highest BCUT2D eigenvalue weighted by Crippen LogP contribution is 2.53. The van der Waals surface area contributed by atoms with Gasteiger partial charge < -0.3 is 9.13 Å². The third-order valence-corrected chi connectivity index (χ3v) is 10.1. The molecule has 0 bridgehead atoms. The van der Waals surface area contributed by atoms with Crippen molar-refractivity contribution in [2.24, 2.45) is 0 Å². The van der Waals surface area contributed by atoms with Crippen LogP contribution in [-0.2, 0) is 0 Å². The molecule has 0 N–H and O–H groups in total. The van der Waals surface area contributed by atoms with Crippen LogP contribution >= 0.6 is 11.8 Å². The standard InChI is InChI=1S/C37H23N3S/c38-22-23-19-20-35-28(21-23)26-12-7-18-34(37(26)41-35)40-31-15-6-3-11-27(31)36-32(16-8-17-33(36)40)39-29-13-4-1-9-24(29)25-10-2-5-14-30(25)39/h1-21,26,37H. The van der Waals surface area contributed by atoms with Gasteiger partial charge in [-0.15, -0.1) is 11.8 Å². The fourth-order valence-corrected chi connectivity index (χ4v) is 8.47. The van der Waals surface area contributed by atoms with Gasteiger partial charge in [0.2, 0.25) is 0 Å². The summed E-state index contributed by atoms with van der Waals surface area (Å²) in [5, 5.41) is 14.8. The zero-order chi connectivity index (χ0) is 27.1. The van der Waals surface area contributed by atoms with E-state index in [4.69, 9.17) is 0 Å². The normalized spacial score (nSPS) is 17.7. The Morgan fingerprint density at radius 2 is 1.32 bits per heavy atom. The van der Waals surface area contributed by atoms with E-state index in [-0.39, 0.29) is 11.2 Å². The van der Waals surface area contributed by atoms with Crippen LogP contribution in [0.25, 0.3) is 55.0 Å². The van der Waals surface area contributed by atoms with Crippen molar-refractivity contribution in [3.63, 3.8) is 0 Å². The van der Waals surface area contributed by atoms with Gasteiger partial charge in [-0.3, -0.25) is 0 Å². The Bertz CT molecular complexity index is 2270. The van der Waals surface area contributed by atoms with Gasteiger partial charge in [-0.1, -0.05) is 72.8 Å². The van der Waals surface area contributed by atoms with Gasteiger partial charge in [0.1, 0.15) is 0 Å². The van der Waals surface area contributed by atoms with Crippen LogP contribution in [0.5, 0.6) is 0 Å². The van der Waals surface area contributed by atoms with Gasteiger partial charge in [0.25, 0.3) is 0 Å². The molecule has 2 unspecified atom stereocenters. The number of nitriles is 1. The first-order valence-electron chi connectivity index (χ1n) is 13.9. The Morgan fingerprint density at radius 3 is 2.05 bits per heavy atom. The van der Waals surface area contributed by atoms with Gasteiger partial charge in [-0.25, -0.2) is 0 Å². The van der Waals surface area contributed by atoms with E-state index in [1.807, 2.05) is 17.8 Å². The number of nitrogens with zero attached hydrogens (tertiary/aromatic N) is 3. The molecule has 1 aliphatic carbocycles. The van der Waals surface area contributed by atoms with Crippen molar-refractivity contribution in [1.82, 2.24) is 9.13 Å². The second kappa shape index (κ2) is 8.51. The lowest BCUT2D eigenvalue weighted by Crippen LogP contribution is -2.17. The summed E-state index contributed by atoms with van der Waals surface area (Å²) in [6.45, 7) is 0. The first kappa shape index (κ1) is 22.8. The van der Waals surface area contributed by atoms with E-state index in [2.05, 4.69) is 137 Å². The number of hydrogen-bond acceptors (Lipinski definition) is 2. The molecule has 3 heterocycles. The molecule has 0 saturated carbocycles. The van der Waals surface area contributed by atoms with E-state index in [0.29, 0.717) is 0 Å². The lowest BCUT2D eigenvalue weighted by Gasteiger charge is -2.25. The highest BCUT2D eigenvalue weighted by molar-refractivity contribution is 8.00. The molecule has 0 saturated heterocycles. The summed E-state index contributed by atoms with van der Waals surface area (Å²) in [7, 11) is 0. The number of allylic oxidation sites excluding steroid dienone is 3. The minimum atomic E-state index is 0.236. The van der Waals surface area contributed by atoms with Crippen LogP contribution in [0.15, 0.2) is 132 Å². The second-order valence-electron chi connectivity index (χ2n) is 10.8. The Kier molecular flexibility index (Phi) is 4.73. The predicted octanol–water partition coefficient (Wildman–Crippen LogP) is 9.43. The maximum absolute atomic E-state index is 9.55. The summed E-state index contributed by atoms with van der Waals surface area (Å²) in [6, 6.07) is 41.4. The molecule has 2 aliphatic rings.